The molecule has 0 aliphatic heterocycles. The van der Waals surface area contributed by atoms with Crippen LogP contribution in [0.1, 0.15) is 34.1 Å². The van der Waals surface area contributed by atoms with Crippen molar-refractivity contribution in [3.8, 4) is 0 Å². The largest absolute Gasteiger partial charge is 0.404 e. The molecule has 0 bridgehead atoms. The summed E-state index contributed by atoms with van der Waals surface area (Å²) in [7, 11) is -0.454. The molecule has 0 aliphatic carbocycles. The van der Waals surface area contributed by atoms with Crippen molar-refractivity contribution in [2.75, 3.05) is 6.54 Å². The Kier molecular flexibility index (Phi) is 4.94. The van der Waals surface area contributed by atoms with Crippen molar-refractivity contribution < 1.29 is 4.43 Å². The highest BCUT2D eigenvalue weighted by Gasteiger charge is 2.13. The molecule has 0 saturated heterocycles. The topological polar surface area (TPSA) is 21.3 Å². The summed E-state index contributed by atoms with van der Waals surface area (Å²) in [6, 6.07) is 0. The van der Waals surface area contributed by atoms with E-state index < -0.39 is 9.92 Å². The summed E-state index contributed by atoms with van der Waals surface area (Å²) in [5.41, 5.74) is 0.0917. The van der Waals surface area contributed by atoms with Gasteiger partial charge >= 0.3 is 0 Å². The van der Waals surface area contributed by atoms with Crippen molar-refractivity contribution in [3.05, 3.63) is 0 Å². The van der Waals surface area contributed by atoms with Gasteiger partial charge < -0.3 is 9.41 Å². The average molecular weight is 161 g/mol. The van der Waals surface area contributed by atoms with Crippen LogP contribution in [-0.4, -0.2) is 22.1 Å². The molecule has 0 amide bonds. The fraction of sp³-hybridized carbons (Fsp3) is 1.00. The second kappa shape index (κ2) is 4.88. The van der Waals surface area contributed by atoms with Crippen LogP contribution in [0.2, 0.25) is 0 Å². The third-order valence-electron chi connectivity index (χ3n) is 1.67. The molecule has 0 atom stereocenters. The standard InChI is InChI=1S/C7H19NOSi/c1-5-7(3,4)9-10-8-6-2/h8H,5-6,10H2,1-4H3. The van der Waals surface area contributed by atoms with E-state index in [1.165, 1.54) is 0 Å². The fourth-order valence-electron chi connectivity index (χ4n) is 0.451. The van der Waals surface area contributed by atoms with Gasteiger partial charge in [-0.05, 0) is 26.8 Å². The first-order chi connectivity index (χ1) is 4.62. The highest BCUT2D eigenvalue weighted by atomic mass is 28.2. The van der Waals surface area contributed by atoms with Crippen LogP contribution < -0.4 is 4.98 Å². The Labute approximate surface area is 66.4 Å². The van der Waals surface area contributed by atoms with Gasteiger partial charge in [-0.15, -0.1) is 0 Å². The molecule has 0 unspecified atom stereocenters. The van der Waals surface area contributed by atoms with Crippen LogP contribution in [0.15, 0.2) is 0 Å². The lowest BCUT2D eigenvalue weighted by Crippen LogP contribution is -2.32. The van der Waals surface area contributed by atoms with Gasteiger partial charge in [0.15, 0.2) is 0 Å². The number of hydrogen-bond acceptors (Lipinski definition) is 2. The van der Waals surface area contributed by atoms with Crippen LogP contribution in [0.25, 0.3) is 0 Å². The van der Waals surface area contributed by atoms with Gasteiger partial charge in [-0.25, -0.2) is 0 Å². The van der Waals surface area contributed by atoms with E-state index in [-0.39, 0.29) is 5.60 Å². The third-order valence-corrected chi connectivity index (χ3v) is 3.30. The molecule has 2 nitrogen and oxygen atoms in total. The highest BCUT2D eigenvalue weighted by molar-refractivity contribution is 6.23. The molecule has 0 rings (SSSR count). The van der Waals surface area contributed by atoms with Crippen molar-refractivity contribution in [2.45, 2.75) is 39.7 Å². The van der Waals surface area contributed by atoms with Crippen LogP contribution >= 0.6 is 0 Å². The summed E-state index contributed by atoms with van der Waals surface area (Å²) in [6.45, 7) is 9.57. The Morgan fingerprint density at radius 1 is 1.40 bits per heavy atom. The van der Waals surface area contributed by atoms with Gasteiger partial charge in [0.1, 0.15) is 0 Å². The lowest BCUT2D eigenvalue weighted by atomic mass is 10.1. The van der Waals surface area contributed by atoms with Crippen LogP contribution in [0, 0.1) is 0 Å². The molecular formula is C7H19NOSi. The molecule has 0 saturated carbocycles. The minimum Gasteiger partial charge on any atom is -0.404 e. The van der Waals surface area contributed by atoms with Gasteiger partial charge in [0, 0.05) is 0 Å². The Hall–Kier alpha value is 0.137. The summed E-state index contributed by atoms with van der Waals surface area (Å²) in [5.74, 6) is 0. The molecule has 0 heterocycles. The molecule has 62 valence electrons. The molecule has 0 aliphatic rings. The predicted molar refractivity (Wildman–Crippen MR) is 47.7 cm³/mol. The zero-order chi connectivity index (χ0) is 8.04. The second-order valence-electron chi connectivity index (χ2n) is 3.01. The molecule has 0 radical (unpaired) electrons. The maximum atomic E-state index is 5.65. The molecule has 0 spiro atoms. The van der Waals surface area contributed by atoms with E-state index in [9.17, 15) is 0 Å². The number of rotatable bonds is 5. The summed E-state index contributed by atoms with van der Waals surface area (Å²) in [4.78, 5) is 3.26. The zero-order valence-corrected chi connectivity index (χ0v) is 8.94. The van der Waals surface area contributed by atoms with E-state index in [4.69, 9.17) is 4.43 Å². The molecule has 0 fully saturated rings. The molecule has 0 aromatic rings. The molecule has 0 aromatic carbocycles. The monoisotopic (exact) mass is 161 g/mol. The van der Waals surface area contributed by atoms with Gasteiger partial charge in [0.25, 0.3) is 0 Å². The number of nitrogens with one attached hydrogen (secondary N) is 1. The molecular weight excluding hydrogens is 142 g/mol. The zero-order valence-electron chi connectivity index (χ0n) is 7.53. The Bertz CT molecular complexity index is 85.7. The summed E-state index contributed by atoms with van der Waals surface area (Å²) in [5, 5.41) is 0. The molecule has 1 N–H and O–H groups in total. The van der Waals surface area contributed by atoms with Crippen LogP contribution in [0.5, 0.6) is 0 Å². The summed E-state index contributed by atoms with van der Waals surface area (Å²) >= 11 is 0. The van der Waals surface area contributed by atoms with Gasteiger partial charge in [-0.3, -0.25) is 0 Å². The minimum absolute atomic E-state index is 0.0917. The highest BCUT2D eigenvalue weighted by Crippen LogP contribution is 2.11. The maximum absolute atomic E-state index is 5.65. The lowest BCUT2D eigenvalue weighted by Gasteiger charge is -2.23. The Morgan fingerprint density at radius 3 is 2.40 bits per heavy atom. The van der Waals surface area contributed by atoms with E-state index in [1.807, 2.05) is 0 Å². The van der Waals surface area contributed by atoms with Gasteiger partial charge in [0.2, 0.25) is 9.92 Å². The van der Waals surface area contributed by atoms with Gasteiger partial charge in [-0.1, -0.05) is 13.8 Å². The third kappa shape index (κ3) is 4.96. The SMILES string of the molecule is CCN[SiH2]OC(C)(C)CC. The lowest BCUT2D eigenvalue weighted by molar-refractivity contribution is 0.108. The van der Waals surface area contributed by atoms with Crippen LogP contribution in [-0.2, 0) is 4.43 Å². The first-order valence-corrected chi connectivity index (χ1v) is 5.25. The van der Waals surface area contributed by atoms with Crippen LogP contribution in [0.4, 0.5) is 0 Å². The fourth-order valence-corrected chi connectivity index (χ4v) is 1.35. The van der Waals surface area contributed by atoms with Gasteiger partial charge in [-0.2, -0.15) is 0 Å². The second-order valence-corrected chi connectivity index (χ2v) is 4.08. The van der Waals surface area contributed by atoms with Crippen LogP contribution in [0.3, 0.4) is 0 Å². The van der Waals surface area contributed by atoms with Crippen molar-refractivity contribution in [3.63, 3.8) is 0 Å². The number of hydrogen-bond donors (Lipinski definition) is 1. The molecule has 0 aromatic heterocycles. The smallest absolute Gasteiger partial charge is 0.236 e. The Balaban J connectivity index is 3.28. The van der Waals surface area contributed by atoms with Crippen molar-refractivity contribution >= 4 is 9.92 Å². The Morgan fingerprint density at radius 2 is 2.00 bits per heavy atom. The van der Waals surface area contributed by atoms with Gasteiger partial charge in [0.05, 0.1) is 5.60 Å². The van der Waals surface area contributed by atoms with E-state index >= 15 is 0 Å². The van der Waals surface area contributed by atoms with E-state index in [1.54, 1.807) is 0 Å². The quantitative estimate of drug-likeness (QED) is 0.476. The van der Waals surface area contributed by atoms with E-state index in [0.29, 0.717) is 0 Å². The predicted octanol–water partition coefficient (Wildman–Crippen LogP) is 0.800. The average Bonchev–Trinajstić information content (AvgIpc) is 1.89. The molecule has 10 heavy (non-hydrogen) atoms. The normalized spacial score (nSPS) is 13.2. The van der Waals surface area contributed by atoms with Crippen molar-refractivity contribution in [1.82, 2.24) is 4.98 Å². The minimum atomic E-state index is -0.454. The first-order valence-electron chi connectivity index (χ1n) is 3.97. The van der Waals surface area contributed by atoms with E-state index in [2.05, 4.69) is 32.7 Å². The summed E-state index contributed by atoms with van der Waals surface area (Å²) < 4.78 is 5.65. The van der Waals surface area contributed by atoms with Crippen molar-refractivity contribution in [2.24, 2.45) is 0 Å². The summed E-state index contributed by atoms with van der Waals surface area (Å²) in [6.07, 6.45) is 1.09. The maximum Gasteiger partial charge on any atom is 0.236 e. The van der Waals surface area contributed by atoms with E-state index in [0.717, 1.165) is 13.0 Å². The molecule has 3 heteroatoms. The first kappa shape index (κ1) is 10.1. The van der Waals surface area contributed by atoms with Crippen molar-refractivity contribution in [1.29, 1.82) is 0 Å².